The van der Waals surface area contributed by atoms with Crippen molar-refractivity contribution in [1.82, 2.24) is 0 Å². The zero-order valence-electron chi connectivity index (χ0n) is 12.0. The van der Waals surface area contributed by atoms with Gasteiger partial charge in [0.15, 0.2) is 0 Å². The summed E-state index contributed by atoms with van der Waals surface area (Å²) in [6.07, 6.45) is 0.898. The van der Waals surface area contributed by atoms with Gasteiger partial charge in [-0.15, -0.1) is 0 Å². The third-order valence-electron chi connectivity index (χ3n) is 3.74. The van der Waals surface area contributed by atoms with Gasteiger partial charge >= 0.3 is 0 Å². The predicted molar refractivity (Wildman–Crippen MR) is 90.0 cm³/mol. The Balaban J connectivity index is 1.97. The van der Waals surface area contributed by atoms with Crippen LogP contribution in [0.2, 0.25) is 5.02 Å². The highest BCUT2D eigenvalue weighted by Gasteiger charge is 2.30. The Labute approximate surface area is 138 Å². The first-order valence-corrected chi connectivity index (χ1v) is 8.05. The second-order valence-electron chi connectivity index (χ2n) is 6.05. The minimum atomic E-state index is -0.246. The Morgan fingerprint density at radius 3 is 2.76 bits per heavy atom. The lowest BCUT2D eigenvalue weighted by Crippen LogP contribution is -2.24. The summed E-state index contributed by atoms with van der Waals surface area (Å²) in [4.78, 5) is 0. The molecule has 2 aromatic rings. The Morgan fingerprint density at radius 2 is 2.00 bits per heavy atom. The fourth-order valence-electron chi connectivity index (χ4n) is 2.76. The van der Waals surface area contributed by atoms with Crippen molar-refractivity contribution in [2.75, 3.05) is 0 Å². The Kier molecular flexibility index (Phi) is 3.76. The monoisotopic (exact) mass is 365 g/mol. The number of ether oxygens (including phenoxy) is 1. The number of hydrogen-bond acceptors (Lipinski definition) is 2. The van der Waals surface area contributed by atoms with Crippen molar-refractivity contribution in [3.63, 3.8) is 0 Å². The van der Waals surface area contributed by atoms with Crippen molar-refractivity contribution >= 4 is 27.5 Å². The molecule has 2 N–H and O–H groups in total. The van der Waals surface area contributed by atoms with E-state index in [0.717, 1.165) is 27.8 Å². The van der Waals surface area contributed by atoms with Crippen molar-refractivity contribution in [2.24, 2.45) is 5.73 Å². The quantitative estimate of drug-likeness (QED) is 0.823. The number of rotatable bonds is 2. The fourth-order valence-corrected chi connectivity index (χ4v) is 3.37. The largest absolute Gasteiger partial charge is 0.487 e. The third-order valence-corrected chi connectivity index (χ3v) is 4.58. The summed E-state index contributed by atoms with van der Waals surface area (Å²) < 4.78 is 6.88. The van der Waals surface area contributed by atoms with E-state index in [2.05, 4.69) is 35.8 Å². The van der Waals surface area contributed by atoms with Gasteiger partial charge in [-0.3, -0.25) is 0 Å². The molecule has 0 saturated carbocycles. The summed E-state index contributed by atoms with van der Waals surface area (Å²) >= 11 is 9.75. The molecule has 1 aliphatic rings. The van der Waals surface area contributed by atoms with Gasteiger partial charge in [0, 0.05) is 15.9 Å². The van der Waals surface area contributed by atoms with Crippen LogP contribution in [0.25, 0.3) is 0 Å². The molecule has 0 saturated heterocycles. The van der Waals surface area contributed by atoms with Gasteiger partial charge in [0.05, 0.1) is 6.04 Å². The highest BCUT2D eigenvalue weighted by atomic mass is 79.9. The smallest absolute Gasteiger partial charge is 0.123 e. The fraction of sp³-hybridized carbons (Fsp3) is 0.294. The summed E-state index contributed by atoms with van der Waals surface area (Å²) in [6, 6.07) is 11.7. The van der Waals surface area contributed by atoms with Crippen LogP contribution in [-0.4, -0.2) is 5.60 Å². The number of nitrogens with two attached hydrogens (primary N) is 1. The molecule has 0 spiro atoms. The molecule has 21 heavy (non-hydrogen) atoms. The molecular formula is C17H17BrClNO. The van der Waals surface area contributed by atoms with Crippen LogP contribution >= 0.6 is 27.5 Å². The molecule has 1 unspecified atom stereocenters. The van der Waals surface area contributed by atoms with Crippen molar-refractivity contribution < 1.29 is 4.74 Å². The van der Waals surface area contributed by atoms with Crippen LogP contribution in [-0.2, 0) is 6.42 Å². The van der Waals surface area contributed by atoms with Crippen LogP contribution in [0, 0.1) is 0 Å². The normalized spacial score (nSPS) is 17.2. The second kappa shape index (κ2) is 5.31. The van der Waals surface area contributed by atoms with Crippen LogP contribution in [0.15, 0.2) is 40.9 Å². The van der Waals surface area contributed by atoms with E-state index in [4.69, 9.17) is 22.1 Å². The van der Waals surface area contributed by atoms with Crippen molar-refractivity contribution in [1.29, 1.82) is 0 Å². The summed E-state index contributed by atoms with van der Waals surface area (Å²) in [5.74, 6) is 0.955. The molecule has 0 aliphatic carbocycles. The Hall–Kier alpha value is -1.03. The van der Waals surface area contributed by atoms with Crippen LogP contribution in [0.3, 0.4) is 0 Å². The van der Waals surface area contributed by atoms with Gasteiger partial charge in [-0.25, -0.2) is 0 Å². The third kappa shape index (κ3) is 2.96. The number of fused-ring (bicyclic) bond motifs is 1. The van der Waals surface area contributed by atoms with Gasteiger partial charge in [0.25, 0.3) is 0 Å². The van der Waals surface area contributed by atoms with Crippen molar-refractivity contribution in [2.45, 2.75) is 31.9 Å². The highest BCUT2D eigenvalue weighted by Crippen LogP contribution is 2.37. The summed E-state index contributed by atoms with van der Waals surface area (Å²) in [5.41, 5.74) is 9.44. The van der Waals surface area contributed by atoms with Crippen LogP contribution in [0.4, 0.5) is 0 Å². The van der Waals surface area contributed by atoms with Gasteiger partial charge in [0.1, 0.15) is 11.4 Å². The SMILES string of the molecule is CC1(C)Cc2cc(C(N)c3cc(Br)ccc3Cl)ccc2O1. The minimum Gasteiger partial charge on any atom is -0.487 e. The van der Waals surface area contributed by atoms with E-state index in [1.54, 1.807) is 0 Å². The molecule has 1 atom stereocenters. The van der Waals surface area contributed by atoms with Gasteiger partial charge in [-0.1, -0.05) is 39.7 Å². The predicted octanol–water partition coefficient (Wildman–Crippen LogP) is 4.86. The minimum absolute atomic E-state index is 0.140. The first-order valence-electron chi connectivity index (χ1n) is 6.88. The number of benzene rings is 2. The van der Waals surface area contributed by atoms with Crippen molar-refractivity contribution in [3.8, 4) is 5.75 Å². The lowest BCUT2D eigenvalue weighted by Gasteiger charge is -2.16. The van der Waals surface area contributed by atoms with E-state index in [9.17, 15) is 0 Å². The number of hydrogen-bond donors (Lipinski definition) is 1. The molecule has 110 valence electrons. The summed E-state index contributed by atoms with van der Waals surface area (Å²) in [7, 11) is 0. The first-order chi connectivity index (χ1) is 9.85. The molecule has 2 nitrogen and oxygen atoms in total. The highest BCUT2D eigenvalue weighted by molar-refractivity contribution is 9.10. The molecule has 0 amide bonds. The van der Waals surface area contributed by atoms with Gasteiger partial charge in [-0.05, 0) is 54.8 Å². The average molecular weight is 367 g/mol. The maximum Gasteiger partial charge on any atom is 0.123 e. The molecule has 0 fully saturated rings. The number of halogens is 2. The average Bonchev–Trinajstić information content (AvgIpc) is 2.73. The molecule has 0 radical (unpaired) electrons. The van der Waals surface area contributed by atoms with E-state index in [0.29, 0.717) is 5.02 Å². The lowest BCUT2D eigenvalue weighted by molar-refractivity contribution is 0.138. The second-order valence-corrected chi connectivity index (χ2v) is 7.37. The molecule has 0 bridgehead atoms. The van der Waals surface area contributed by atoms with E-state index >= 15 is 0 Å². The molecular weight excluding hydrogens is 350 g/mol. The van der Waals surface area contributed by atoms with Crippen LogP contribution in [0.5, 0.6) is 5.75 Å². The van der Waals surface area contributed by atoms with Crippen molar-refractivity contribution in [3.05, 3.63) is 62.6 Å². The van der Waals surface area contributed by atoms with E-state index in [-0.39, 0.29) is 11.6 Å². The van der Waals surface area contributed by atoms with Gasteiger partial charge in [0.2, 0.25) is 0 Å². The van der Waals surface area contributed by atoms with E-state index in [1.165, 1.54) is 5.56 Å². The summed E-state index contributed by atoms with van der Waals surface area (Å²) in [5, 5.41) is 0.683. The molecule has 2 aromatic carbocycles. The molecule has 4 heteroatoms. The van der Waals surface area contributed by atoms with Gasteiger partial charge in [-0.2, -0.15) is 0 Å². The summed E-state index contributed by atoms with van der Waals surface area (Å²) in [6.45, 7) is 4.19. The van der Waals surface area contributed by atoms with Crippen LogP contribution in [0.1, 0.15) is 36.6 Å². The molecule has 1 heterocycles. The maximum absolute atomic E-state index is 6.40. The topological polar surface area (TPSA) is 35.2 Å². The molecule has 0 aromatic heterocycles. The molecule has 3 rings (SSSR count). The zero-order valence-corrected chi connectivity index (χ0v) is 14.3. The molecule has 1 aliphatic heterocycles. The van der Waals surface area contributed by atoms with E-state index in [1.807, 2.05) is 30.3 Å². The first kappa shape index (κ1) is 14.9. The maximum atomic E-state index is 6.40. The van der Waals surface area contributed by atoms with Crippen LogP contribution < -0.4 is 10.5 Å². The zero-order chi connectivity index (χ0) is 15.2. The Bertz CT molecular complexity index is 699. The van der Waals surface area contributed by atoms with Gasteiger partial charge < -0.3 is 10.5 Å². The standard InChI is InChI=1S/C17H17BrClNO/c1-17(2)9-11-7-10(3-6-15(11)21-17)16(20)13-8-12(18)4-5-14(13)19/h3-8,16H,9,20H2,1-2H3. The lowest BCUT2D eigenvalue weighted by atomic mass is 9.95. The Morgan fingerprint density at radius 1 is 1.24 bits per heavy atom. The van der Waals surface area contributed by atoms with E-state index < -0.39 is 0 Å².